The number of hydrazine groups is 1. The van der Waals surface area contributed by atoms with E-state index >= 15 is 0 Å². The van der Waals surface area contributed by atoms with Gasteiger partial charge in [-0.1, -0.05) is 0 Å². The molecule has 0 atom stereocenters. The van der Waals surface area contributed by atoms with Crippen LogP contribution in [-0.4, -0.2) is 40.8 Å². The summed E-state index contributed by atoms with van der Waals surface area (Å²) in [4.78, 5) is 23.5. The zero-order valence-electron chi connectivity index (χ0n) is 7.20. The fourth-order valence-electron chi connectivity index (χ4n) is 1.15. The summed E-state index contributed by atoms with van der Waals surface area (Å²) in [7, 11) is 0. The van der Waals surface area contributed by atoms with E-state index in [0.717, 1.165) is 22.8 Å². The fraction of sp³-hybridized carbons (Fsp3) is 0.714. The number of unbranched alkanes of at least 4 members (excludes halogenated alkanes) is 1. The van der Waals surface area contributed by atoms with Crippen LogP contribution < -0.4 is 5.84 Å². The second kappa shape index (κ2) is 4.43. The normalized spacial score (nSPS) is 17.4. The number of urea groups is 1. The molecule has 0 saturated carbocycles. The van der Waals surface area contributed by atoms with Crippen LogP contribution in [0.4, 0.5) is 4.79 Å². The van der Waals surface area contributed by atoms with Gasteiger partial charge in [-0.25, -0.2) is 10.6 Å². The SMILES string of the molecule is NN1CC(=O)N(CCCCCl)C1=O. The first-order valence-electron chi connectivity index (χ1n) is 4.09. The topological polar surface area (TPSA) is 66.6 Å². The third-order valence-corrected chi connectivity index (χ3v) is 2.12. The van der Waals surface area contributed by atoms with Crippen LogP contribution >= 0.6 is 11.6 Å². The van der Waals surface area contributed by atoms with Gasteiger partial charge in [0.15, 0.2) is 0 Å². The number of carbonyl (C=O) groups is 2. The van der Waals surface area contributed by atoms with E-state index < -0.39 is 6.03 Å². The molecule has 13 heavy (non-hydrogen) atoms. The van der Waals surface area contributed by atoms with Crippen molar-refractivity contribution in [3.05, 3.63) is 0 Å². The fourth-order valence-corrected chi connectivity index (χ4v) is 1.33. The lowest BCUT2D eigenvalue weighted by molar-refractivity contribution is -0.125. The van der Waals surface area contributed by atoms with Gasteiger partial charge in [-0.3, -0.25) is 14.7 Å². The van der Waals surface area contributed by atoms with Crippen LogP contribution in [0.15, 0.2) is 0 Å². The Bertz CT molecular complexity index is 222. The number of carbonyl (C=O) groups excluding carboxylic acids is 2. The average Bonchev–Trinajstić information content (AvgIpc) is 2.32. The molecule has 0 radical (unpaired) electrons. The molecule has 1 rings (SSSR count). The molecule has 1 aliphatic heterocycles. The zero-order chi connectivity index (χ0) is 9.84. The van der Waals surface area contributed by atoms with Crippen molar-refractivity contribution < 1.29 is 9.59 Å². The third-order valence-electron chi connectivity index (χ3n) is 1.85. The minimum Gasteiger partial charge on any atom is -0.272 e. The number of rotatable bonds is 4. The number of nitrogens with two attached hydrogens (primary N) is 1. The Labute approximate surface area is 81.4 Å². The molecular weight excluding hydrogens is 194 g/mol. The van der Waals surface area contributed by atoms with Gasteiger partial charge in [-0.2, -0.15) is 0 Å². The third kappa shape index (κ3) is 2.32. The van der Waals surface area contributed by atoms with E-state index in [9.17, 15) is 9.59 Å². The molecule has 0 aromatic heterocycles. The number of nitrogens with zero attached hydrogens (tertiary/aromatic N) is 2. The highest BCUT2D eigenvalue weighted by atomic mass is 35.5. The maximum Gasteiger partial charge on any atom is 0.341 e. The Morgan fingerprint density at radius 2 is 2.08 bits per heavy atom. The molecule has 1 saturated heterocycles. The molecule has 74 valence electrons. The number of hydrogen-bond acceptors (Lipinski definition) is 3. The summed E-state index contributed by atoms with van der Waals surface area (Å²) in [5, 5.41) is 0.920. The minimum absolute atomic E-state index is 0.0142. The first-order chi connectivity index (χ1) is 6.16. The van der Waals surface area contributed by atoms with Gasteiger partial charge < -0.3 is 0 Å². The highest BCUT2D eigenvalue weighted by Crippen LogP contribution is 2.07. The lowest BCUT2D eigenvalue weighted by atomic mass is 10.3. The second-order valence-corrected chi connectivity index (χ2v) is 3.23. The van der Waals surface area contributed by atoms with Crippen molar-refractivity contribution >= 4 is 23.5 Å². The van der Waals surface area contributed by atoms with Gasteiger partial charge in [0, 0.05) is 12.4 Å². The Balaban J connectivity index is 2.40. The van der Waals surface area contributed by atoms with Gasteiger partial charge in [-0.15, -0.1) is 11.6 Å². The summed E-state index contributed by atoms with van der Waals surface area (Å²) >= 11 is 5.46. The molecular formula is C7H12ClN3O2. The smallest absolute Gasteiger partial charge is 0.272 e. The molecule has 0 aromatic rings. The molecule has 1 fully saturated rings. The largest absolute Gasteiger partial charge is 0.341 e. The predicted molar refractivity (Wildman–Crippen MR) is 48.0 cm³/mol. The van der Waals surface area contributed by atoms with E-state index in [1.807, 2.05) is 0 Å². The minimum atomic E-state index is -0.417. The van der Waals surface area contributed by atoms with E-state index in [-0.39, 0.29) is 12.5 Å². The Kier molecular flexibility index (Phi) is 3.50. The van der Waals surface area contributed by atoms with Crippen molar-refractivity contribution in [3.63, 3.8) is 0 Å². The van der Waals surface area contributed by atoms with Crippen molar-refractivity contribution in [1.29, 1.82) is 0 Å². The van der Waals surface area contributed by atoms with Gasteiger partial charge in [0.05, 0.1) is 0 Å². The molecule has 1 aliphatic rings. The maximum atomic E-state index is 11.2. The molecule has 0 bridgehead atoms. The standard InChI is InChI=1S/C7H12ClN3O2/c8-3-1-2-4-10-6(12)5-11(9)7(10)13/h1-5,9H2. The molecule has 1 heterocycles. The Morgan fingerprint density at radius 3 is 2.54 bits per heavy atom. The highest BCUT2D eigenvalue weighted by molar-refractivity contribution is 6.17. The van der Waals surface area contributed by atoms with Crippen LogP contribution in [0.2, 0.25) is 0 Å². The van der Waals surface area contributed by atoms with E-state index in [0.29, 0.717) is 12.4 Å². The van der Waals surface area contributed by atoms with Gasteiger partial charge in [0.25, 0.3) is 5.91 Å². The molecule has 5 nitrogen and oxygen atoms in total. The predicted octanol–water partition coefficient (Wildman–Crippen LogP) is 0.143. The summed E-state index contributed by atoms with van der Waals surface area (Å²) in [6.45, 7) is 0.401. The van der Waals surface area contributed by atoms with Crippen LogP contribution in [0.5, 0.6) is 0 Å². The van der Waals surface area contributed by atoms with E-state index in [2.05, 4.69) is 0 Å². The number of imide groups is 1. The van der Waals surface area contributed by atoms with Crippen molar-refractivity contribution in [2.45, 2.75) is 12.8 Å². The lowest BCUT2D eigenvalue weighted by Crippen LogP contribution is -2.37. The van der Waals surface area contributed by atoms with Crippen molar-refractivity contribution in [3.8, 4) is 0 Å². The monoisotopic (exact) mass is 205 g/mol. The van der Waals surface area contributed by atoms with Crippen LogP contribution in [-0.2, 0) is 4.79 Å². The zero-order valence-corrected chi connectivity index (χ0v) is 7.96. The van der Waals surface area contributed by atoms with Gasteiger partial charge >= 0.3 is 6.03 Å². The van der Waals surface area contributed by atoms with Crippen LogP contribution in [0, 0.1) is 0 Å². The molecule has 6 heteroatoms. The summed E-state index contributed by atoms with van der Waals surface area (Å²) in [5.41, 5.74) is 0. The summed E-state index contributed by atoms with van der Waals surface area (Å²) < 4.78 is 0. The first-order valence-corrected chi connectivity index (χ1v) is 4.63. The van der Waals surface area contributed by atoms with Gasteiger partial charge in [-0.05, 0) is 12.8 Å². The Hall–Kier alpha value is -0.810. The Morgan fingerprint density at radius 1 is 1.38 bits per heavy atom. The first kappa shape index (κ1) is 10.3. The van der Waals surface area contributed by atoms with Crippen molar-refractivity contribution in [1.82, 2.24) is 9.91 Å². The van der Waals surface area contributed by atoms with Gasteiger partial charge in [0.1, 0.15) is 6.54 Å². The van der Waals surface area contributed by atoms with Crippen LogP contribution in [0.1, 0.15) is 12.8 Å². The molecule has 2 N–H and O–H groups in total. The lowest BCUT2D eigenvalue weighted by Gasteiger charge is -2.12. The number of amides is 3. The van der Waals surface area contributed by atoms with Crippen molar-refractivity contribution in [2.24, 2.45) is 5.84 Å². The maximum absolute atomic E-state index is 11.2. The summed E-state index contributed by atoms with van der Waals surface area (Å²) in [5.74, 6) is 5.57. The molecule has 3 amide bonds. The highest BCUT2D eigenvalue weighted by Gasteiger charge is 2.33. The van der Waals surface area contributed by atoms with E-state index in [4.69, 9.17) is 17.4 Å². The molecule has 0 unspecified atom stereocenters. The van der Waals surface area contributed by atoms with Crippen LogP contribution in [0.3, 0.4) is 0 Å². The van der Waals surface area contributed by atoms with E-state index in [1.54, 1.807) is 0 Å². The van der Waals surface area contributed by atoms with Crippen molar-refractivity contribution in [2.75, 3.05) is 19.0 Å². The van der Waals surface area contributed by atoms with Crippen LogP contribution in [0.25, 0.3) is 0 Å². The summed E-state index contributed by atoms with van der Waals surface area (Å²) in [6, 6.07) is -0.417. The number of hydrogen-bond donors (Lipinski definition) is 1. The summed E-state index contributed by atoms with van der Waals surface area (Å²) in [6.07, 6.45) is 1.53. The molecule has 0 spiro atoms. The number of halogens is 1. The van der Waals surface area contributed by atoms with Gasteiger partial charge in [0.2, 0.25) is 0 Å². The molecule has 0 aromatic carbocycles. The average molecular weight is 206 g/mol. The molecule has 0 aliphatic carbocycles. The quantitative estimate of drug-likeness (QED) is 0.234. The number of alkyl halides is 1. The van der Waals surface area contributed by atoms with E-state index in [1.165, 1.54) is 0 Å². The second-order valence-electron chi connectivity index (χ2n) is 2.85.